The molecule has 1 aromatic carbocycles. The zero-order chi connectivity index (χ0) is 16.4. The number of ether oxygens (including phenoxy) is 2. The summed E-state index contributed by atoms with van der Waals surface area (Å²) in [6, 6.07) is 4.29. The van der Waals surface area contributed by atoms with Crippen LogP contribution >= 0.6 is 0 Å². The van der Waals surface area contributed by atoms with Gasteiger partial charge < -0.3 is 9.47 Å². The molecule has 0 spiro atoms. The molecule has 1 fully saturated rings. The van der Waals surface area contributed by atoms with E-state index in [9.17, 15) is 16.8 Å². The van der Waals surface area contributed by atoms with Crippen molar-refractivity contribution in [3.63, 3.8) is 0 Å². The van der Waals surface area contributed by atoms with Gasteiger partial charge in [0.25, 0.3) is 0 Å². The average Bonchev–Trinajstić information content (AvgIpc) is 2.84. The minimum atomic E-state index is -3.72. The van der Waals surface area contributed by atoms with Crippen molar-refractivity contribution < 1.29 is 26.3 Å². The average molecular weight is 349 g/mol. The molecule has 7 nitrogen and oxygen atoms in total. The number of sulfonamides is 1. The maximum absolute atomic E-state index is 12.3. The highest BCUT2D eigenvalue weighted by molar-refractivity contribution is 7.91. The van der Waals surface area contributed by atoms with Gasteiger partial charge in [-0.3, -0.25) is 0 Å². The molecule has 2 rings (SSSR count). The Morgan fingerprint density at radius 2 is 1.91 bits per heavy atom. The van der Waals surface area contributed by atoms with Crippen LogP contribution in [0.2, 0.25) is 0 Å². The summed E-state index contributed by atoms with van der Waals surface area (Å²) in [6.45, 7) is 0.107. The van der Waals surface area contributed by atoms with Crippen LogP contribution < -0.4 is 14.2 Å². The summed E-state index contributed by atoms with van der Waals surface area (Å²) in [5.41, 5.74) is 0. The van der Waals surface area contributed by atoms with Gasteiger partial charge in [0.2, 0.25) is 10.0 Å². The molecular formula is C13H19NO6S2. The van der Waals surface area contributed by atoms with Gasteiger partial charge in [0.1, 0.15) is 0 Å². The third-order valence-electron chi connectivity index (χ3n) is 3.55. The monoisotopic (exact) mass is 349 g/mol. The van der Waals surface area contributed by atoms with E-state index in [2.05, 4.69) is 4.72 Å². The lowest BCUT2D eigenvalue weighted by Gasteiger charge is -2.12. The molecule has 1 aliphatic heterocycles. The van der Waals surface area contributed by atoms with Crippen molar-refractivity contribution in [1.82, 2.24) is 4.72 Å². The van der Waals surface area contributed by atoms with Crippen LogP contribution in [0, 0.1) is 5.92 Å². The molecule has 0 radical (unpaired) electrons. The smallest absolute Gasteiger partial charge is 0.240 e. The van der Waals surface area contributed by atoms with Crippen molar-refractivity contribution in [2.45, 2.75) is 11.3 Å². The quantitative estimate of drug-likeness (QED) is 0.799. The normalized spacial score (nSPS) is 20.7. The zero-order valence-corrected chi connectivity index (χ0v) is 14.0. The Hall–Kier alpha value is -1.32. The molecule has 0 aliphatic carbocycles. The van der Waals surface area contributed by atoms with Crippen LogP contribution in [0.15, 0.2) is 23.1 Å². The molecular weight excluding hydrogens is 330 g/mol. The molecule has 0 amide bonds. The number of hydrogen-bond acceptors (Lipinski definition) is 6. The van der Waals surface area contributed by atoms with Crippen LogP contribution in [0.25, 0.3) is 0 Å². The van der Waals surface area contributed by atoms with Crippen molar-refractivity contribution in [2.75, 3.05) is 32.3 Å². The predicted octanol–water partition coefficient (Wildman–Crippen LogP) is 0.417. The lowest BCUT2D eigenvalue weighted by atomic mass is 10.1. The van der Waals surface area contributed by atoms with E-state index in [1.807, 2.05) is 0 Å². The van der Waals surface area contributed by atoms with Crippen molar-refractivity contribution >= 4 is 19.9 Å². The van der Waals surface area contributed by atoms with E-state index in [1.54, 1.807) is 0 Å². The molecule has 0 saturated carbocycles. The first-order valence-electron chi connectivity index (χ1n) is 6.69. The minimum Gasteiger partial charge on any atom is -0.493 e. The Bertz CT molecular complexity index is 742. The van der Waals surface area contributed by atoms with Gasteiger partial charge in [-0.25, -0.2) is 21.6 Å². The van der Waals surface area contributed by atoms with Crippen molar-refractivity contribution in [1.29, 1.82) is 0 Å². The highest BCUT2D eigenvalue weighted by atomic mass is 32.2. The topological polar surface area (TPSA) is 98.8 Å². The highest BCUT2D eigenvalue weighted by Gasteiger charge is 2.29. The zero-order valence-electron chi connectivity index (χ0n) is 12.4. The van der Waals surface area contributed by atoms with Gasteiger partial charge in [0.15, 0.2) is 21.3 Å². The summed E-state index contributed by atoms with van der Waals surface area (Å²) in [6.07, 6.45) is 0.483. The SMILES string of the molecule is COc1ccc(S(=O)(=O)NCC2CCS(=O)(=O)C2)cc1OC. The molecule has 1 N–H and O–H groups in total. The van der Waals surface area contributed by atoms with Crippen LogP contribution in [0.4, 0.5) is 0 Å². The van der Waals surface area contributed by atoms with Gasteiger partial charge in [-0.2, -0.15) is 0 Å². The van der Waals surface area contributed by atoms with Gasteiger partial charge in [0.05, 0.1) is 30.6 Å². The summed E-state index contributed by atoms with van der Waals surface area (Å²) in [5.74, 6) is 0.717. The standard InChI is InChI=1S/C13H19NO6S2/c1-19-12-4-3-11(7-13(12)20-2)22(17,18)14-8-10-5-6-21(15,16)9-10/h3-4,7,10,14H,5-6,8-9H2,1-2H3. The number of benzene rings is 1. The molecule has 22 heavy (non-hydrogen) atoms. The molecule has 0 aromatic heterocycles. The summed E-state index contributed by atoms with van der Waals surface area (Å²) in [7, 11) is -3.86. The molecule has 1 saturated heterocycles. The lowest BCUT2D eigenvalue weighted by molar-refractivity contribution is 0.354. The third kappa shape index (κ3) is 3.90. The Balaban J connectivity index is 2.10. The van der Waals surface area contributed by atoms with Crippen LogP contribution in [0.3, 0.4) is 0 Å². The second kappa shape index (κ2) is 6.43. The van der Waals surface area contributed by atoms with E-state index in [4.69, 9.17) is 9.47 Å². The van der Waals surface area contributed by atoms with Gasteiger partial charge in [-0.15, -0.1) is 0 Å². The Labute approximate surface area is 130 Å². The highest BCUT2D eigenvalue weighted by Crippen LogP contribution is 2.29. The van der Waals surface area contributed by atoms with E-state index in [-0.39, 0.29) is 28.9 Å². The van der Waals surface area contributed by atoms with Crippen LogP contribution in [0.1, 0.15) is 6.42 Å². The number of rotatable bonds is 6. The molecule has 1 heterocycles. The maximum Gasteiger partial charge on any atom is 0.240 e. The number of methoxy groups -OCH3 is 2. The van der Waals surface area contributed by atoms with Crippen LogP contribution in [-0.4, -0.2) is 49.1 Å². The summed E-state index contributed by atoms with van der Waals surface area (Å²) < 4.78 is 59.9. The first kappa shape index (κ1) is 17.0. The van der Waals surface area contributed by atoms with Crippen molar-refractivity contribution in [2.24, 2.45) is 5.92 Å². The summed E-state index contributed by atoms with van der Waals surface area (Å²) in [4.78, 5) is 0.0472. The maximum atomic E-state index is 12.3. The molecule has 1 atom stereocenters. The van der Waals surface area contributed by atoms with Gasteiger partial charge in [0, 0.05) is 12.6 Å². The number of hydrogen-bond donors (Lipinski definition) is 1. The largest absolute Gasteiger partial charge is 0.493 e. The predicted molar refractivity (Wildman–Crippen MR) is 81.5 cm³/mol. The molecule has 124 valence electrons. The lowest BCUT2D eigenvalue weighted by Crippen LogP contribution is -2.30. The van der Waals surface area contributed by atoms with Crippen molar-refractivity contribution in [3.8, 4) is 11.5 Å². The third-order valence-corrected chi connectivity index (χ3v) is 6.81. The van der Waals surface area contributed by atoms with E-state index in [0.717, 1.165) is 0 Å². The number of nitrogens with one attached hydrogen (secondary N) is 1. The van der Waals surface area contributed by atoms with Gasteiger partial charge in [-0.05, 0) is 24.5 Å². The first-order chi connectivity index (χ1) is 10.3. The first-order valence-corrected chi connectivity index (χ1v) is 10.00. The van der Waals surface area contributed by atoms with E-state index in [1.165, 1.54) is 32.4 Å². The minimum absolute atomic E-state index is 0.0292. The van der Waals surface area contributed by atoms with Gasteiger partial charge >= 0.3 is 0 Å². The van der Waals surface area contributed by atoms with Crippen molar-refractivity contribution in [3.05, 3.63) is 18.2 Å². The van der Waals surface area contributed by atoms with E-state index < -0.39 is 19.9 Å². The summed E-state index contributed by atoms with van der Waals surface area (Å²) >= 11 is 0. The number of sulfone groups is 1. The van der Waals surface area contributed by atoms with Crippen LogP contribution in [-0.2, 0) is 19.9 Å². The molecule has 1 aliphatic rings. The second-order valence-corrected chi connectivity index (χ2v) is 9.13. The van der Waals surface area contributed by atoms with E-state index in [0.29, 0.717) is 17.9 Å². The second-order valence-electron chi connectivity index (χ2n) is 5.14. The van der Waals surface area contributed by atoms with E-state index >= 15 is 0 Å². The molecule has 0 bridgehead atoms. The Morgan fingerprint density at radius 1 is 1.23 bits per heavy atom. The fourth-order valence-electron chi connectivity index (χ4n) is 2.33. The van der Waals surface area contributed by atoms with Gasteiger partial charge in [-0.1, -0.05) is 0 Å². The summed E-state index contributed by atoms with van der Waals surface area (Å²) in [5, 5.41) is 0. The molecule has 1 aromatic rings. The van der Waals surface area contributed by atoms with Crippen LogP contribution in [0.5, 0.6) is 11.5 Å². The fraction of sp³-hybridized carbons (Fsp3) is 0.538. The Kier molecular flexibility index (Phi) is 4.98. The molecule has 9 heteroatoms. The Morgan fingerprint density at radius 3 is 2.45 bits per heavy atom. The molecule has 1 unspecified atom stereocenters. The fourth-order valence-corrected chi connectivity index (χ4v) is 5.32.